The number of carbonyl (C=O) groups is 5. The topological polar surface area (TPSA) is 144 Å². The second kappa shape index (κ2) is 38.8. The number of unbranched alkanes of at least 4 members (excludes halogenated alkanes) is 24. The molecule has 0 saturated carbocycles. The van der Waals surface area contributed by atoms with Gasteiger partial charge in [-0.05, 0) is 45.6 Å². The monoisotopic (exact) mass is 805 g/mol. The summed E-state index contributed by atoms with van der Waals surface area (Å²) in [6.45, 7) is 8.17. The summed E-state index contributed by atoms with van der Waals surface area (Å²) in [5, 5.41) is 10.7. The molecule has 0 rings (SSSR count). The number of hydrogen-bond donors (Lipinski definition) is 2. The van der Waals surface area contributed by atoms with Crippen molar-refractivity contribution >= 4 is 80.9 Å². The summed E-state index contributed by atoms with van der Waals surface area (Å²) < 4.78 is 5.51. The van der Waals surface area contributed by atoms with E-state index in [1.165, 1.54) is 77.0 Å². The molecule has 3 N–H and O–H groups in total. The number of esters is 1. The van der Waals surface area contributed by atoms with E-state index in [2.05, 4.69) is 20.8 Å². The Morgan fingerprint density at radius 3 is 1.16 bits per heavy atom. The maximum absolute atomic E-state index is 14.7. The minimum absolute atomic E-state index is 0. The van der Waals surface area contributed by atoms with Gasteiger partial charge in [0, 0.05) is 19.3 Å². The number of ether oxygens (including phenoxy) is 1. The van der Waals surface area contributed by atoms with Crippen LogP contribution >= 0.6 is 0 Å². The van der Waals surface area contributed by atoms with Gasteiger partial charge in [0.25, 0.3) is 0 Å². The number of imide groups is 1. The molecule has 0 aromatic carbocycles. The van der Waals surface area contributed by atoms with E-state index in [1.807, 2.05) is 0 Å². The number of aliphatic carboxylic acids is 1. The zero-order valence-electron chi connectivity index (χ0n) is 35.5. The van der Waals surface area contributed by atoms with Crippen molar-refractivity contribution in [2.75, 3.05) is 13.2 Å². The number of hydrogen-bond acceptors (Lipinski definition) is 7. The third kappa shape index (κ3) is 24.8. The van der Waals surface area contributed by atoms with Crippen LogP contribution in [-0.4, -0.2) is 110 Å². The predicted molar refractivity (Wildman–Crippen MR) is 228 cm³/mol. The van der Waals surface area contributed by atoms with Crippen LogP contribution in [0.25, 0.3) is 0 Å². The molecule has 10 heteroatoms. The Morgan fingerprint density at radius 1 is 0.527 bits per heavy atom. The average Bonchev–Trinajstić information content (AvgIpc) is 3.15. The van der Waals surface area contributed by atoms with Crippen molar-refractivity contribution in [3.8, 4) is 0 Å². The first-order valence-corrected chi connectivity index (χ1v) is 22.7. The molecule has 1 unspecified atom stereocenters. The van der Waals surface area contributed by atoms with E-state index in [4.69, 9.17) is 10.5 Å². The molecular weight excluding hydrogens is 720 g/mol. The van der Waals surface area contributed by atoms with E-state index in [0.717, 1.165) is 81.9 Å². The molecule has 0 bridgehead atoms. The number of carboxylic acid groups (broad SMARTS) is 1. The van der Waals surface area contributed by atoms with E-state index < -0.39 is 41.0 Å². The van der Waals surface area contributed by atoms with Crippen molar-refractivity contribution < 1.29 is 33.8 Å². The number of amides is 2. The van der Waals surface area contributed by atoms with Crippen LogP contribution in [0, 0.1) is 5.92 Å². The molecule has 0 heterocycles. The van der Waals surface area contributed by atoms with Crippen molar-refractivity contribution in [1.29, 1.82) is 0 Å². The Bertz CT molecular complexity index is 960. The molecule has 0 saturated heterocycles. The maximum atomic E-state index is 14.7. The van der Waals surface area contributed by atoms with Crippen LogP contribution in [-0.2, 0) is 28.7 Å². The third-order valence-corrected chi connectivity index (χ3v) is 10.9. The molecule has 0 aliphatic carbocycles. The van der Waals surface area contributed by atoms with E-state index in [-0.39, 0.29) is 96.6 Å². The quantitative estimate of drug-likeness (QED) is 0.0270. The first-order valence-electron chi connectivity index (χ1n) is 22.7. The molecule has 0 fully saturated rings. The SMILES string of the molecule is CCCCCCCCCCCC(=O)N(C(=O)CCCCCCCCCCC)[C@](C(=O)CCCCCCCCCCC)(C(=O)OCC)C(CCCN)C(=O)O.[KH]. The summed E-state index contributed by atoms with van der Waals surface area (Å²) in [5.74, 6) is -6.22. The molecule has 0 aliphatic rings. The summed E-state index contributed by atoms with van der Waals surface area (Å²) in [5.41, 5.74) is 3.25. The predicted octanol–water partition coefficient (Wildman–Crippen LogP) is 10.8. The van der Waals surface area contributed by atoms with Crippen molar-refractivity contribution in [3.05, 3.63) is 0 Å². The van der Waals surface area contributed by atoms with Gasteiger partial charge >= 0.3 is 63.3 Å². The molecule has 0 radical (unpaired) electrons. The van der Waals surface area contributed by atoms with Crippen molar-refractivity contribution in [1.82, 2.24) is 4.90 Å². The van der Waals surface area contributed by atoms with E-state index >= 15 is 0 Å². The van der Waals surface area contributed by atoms with Gasteiger partial charge in [-0.3, -0.25) is 24.1 Å². The number of carbonyl (C=O) groups excluding carboxylic acids is 4. The zero-order valence-corrected chi connectivity index (χ0v) is 35.5. The summed E-state index contributed by atoms with van der Waals surface area (Å²) in [6.07, 6.45) is 27.4. The molecule has 2 amide bonds. The van der Waals surface area contributed by atoms with E-state index in [0.29, 0.717) is 19.3 Å². The van der Waals surface area contributed by atoms with Gasteiger partial charge in [0.2, 0.25) is 17.4 Å². The number of Topliss-reactive ketones (excluding diaryl/α,β-unsaturated/α-hetero) is 1. The van der Waals surface area contributed by atoms with Crippen LogP contribution in [0.15, 0.2) is 0 Å². The molecule has 0 aromatic rings. The van der Waals surface area contributed by atoms with Crippen LogP contribution in [0.5, 0.6) is 0 Å². The van der Waals surface area contributed by atoms with E-state index in [9.17, 15) is 29.1 Å². The normalized spacial score (nSPS) is 12.7. The van der Waals surface area contributed by atoms with Crippen LogP contribution < -0.4 is 5.73 Å². The summed E-state index contributed by atoms with van der Waals surface area (Å²) in [4.78, 5) is 71.6. The van der Waals surface area contributed by atoms with Crippen LogP contribution in [0.3, 0.4) is 0 Å². The molecule has 318 valence electrons. The Hall–Kier alpha value is -0.654. The first kappa shape index (κ1) is 56.4. The molecule has 0 spiro atoms. The van der Waals surface area contributed by atoms with Crippen LogP contribution in [0.1, 0.15) is 233 Å². The average molecular weight is 805 g/mol. The fraction of sp³-hybridized carbons (Fsp3) is 0.889. The Kier molecular flexibility index (Phi) is 39.9. The second-order valence-electron chi connectivity index (χ2n) is 15.6. The third-order valence-electron chi connectivity index (χ3n) is 10.9. The molecule has 2 atom stereocenters. The van der Waals surface area contributed by atoms with Crippen LogP contribution in [0.2, 0.25) is 0 Å². The van der Waals surface area contributed by atoms with Gasteiger partial charge in [0.1, 0.15) is 0 Å². The fourth-order valence-electron chi connectivity index (χ4n) is 7.61. The van der Waals surface area contributed by atoms with Gasteiger partial charge < -0.3 is 15.6 Å². The summed E-state index contributed by atoms with van der Waals surface area (Å²) in [6, 6.07) is 0. The molecule has 0 aromatic heterocycles. The molecular formula is C45H85KN2O7. The molecule has 9 nitrogen and oxygen atoms in total. The Labute approximate surface area is 380 Å². The van der Waals surface area contributed by atoms with Gasteiger partial charge in [-0.2, -0.15) is 0 Å². The first-order chi connectivity index (χ1) is 26.2. The van der Waals surface area contributed by atoms with Gasteiger partial charge in [0.05, 0.1) is 12.5 Å². The number of ketones is 1. The number of nitrogens with zero attached hydrogens (tertiary/aromatic N) is 1. The van der Waals surface area contributed by atoms with Crippen molar-refractivity contribution in [3.63, 3.8) is 0 Å². The second-order valence-corrected chi connectivity index (χ2v) is 15.6. The van der Waals surface area contributed by atoms with E-state index in [1.54, 1.807) is 6.92 Å². The fourth-order valence-corrected chi connectivity index (χ4v) is 7.61. The molecule has 55 heavy (non-hydrogen) atoms. The van der Waals surface area contributed by atoms with Gasteiger partial charge in [-0.15, -0.1) is 0 Å². The summed E-state index contributed by atoms with van der Waals surface area (Å²) in [7, 11) is 0. The summed E-state index contributed by atoms with van der Waals surface area (Å²) >= 11 is 0. The van der Waals surface area contributed by atoms with Crippen molar-refractivity contribution in [2.24, 2.45) is 11.7 Å². The standard InChI is InChI=1S/C45H84N2O7.K.H/c1-5-9-12-15-18-21-24-27-30-35-40(48)45(44(53)54-8-4,39(43(51)52)34-33-38-46)47(41(49)36-31-28-25-22-19-16-13-10-6-2)42(50)37-32-29-26-23-20-17-14-11-7-3;;/h39H,5-38,46H2,1-4H3,(H,51,52);;/t39?,45-;;/m1../s1. The van der Waals surface area contributed by atoms with Crippen molar-refractivity contribution in [2.45, 2.75) is 239 Å². The van der Waals surface area contributed by atoms with Crippen LogP contribution in [0.4, 0.5) is 0 Å². The minimum atomic E-state index is -2.58. The number of carboxylic acids is 1. The van der Waals surface area contributed by atoms with Gasteiger partial charge in [-0.25, -0.2) is 4.79 Å². The Morgan fingerprint density at radius 2 is 0.855 bits per heavy atom. The number of rotatable bonds is 39. The van der Waals surface area contributed by atoms with Gasteiger partial charge in [-0.1, -0.05) is 175 Å². The molecule has 0 aliphatic heterocycles. The zero-order chi connectivity index (χ0) is 40.3. The number of nitrogens with two attached hydrogens (primary N) is 1. The van der Waals surface area contributed by atoms with Gasteiger partial charge in [0.15, 0.2) is 5.78 Å². The Balaban J connectivity index is 0.